The predicted octanol–water partition coefficient (Wildman–Crippen LogP) is 2.98. The summed E-state index contributed by atoms with van der Waals surface area (Å²) in [6, 6.07) is 12.1. The number of carbonyl (C=O) groups is 3. The molecule has 0 atom stereocenters. The van der Waals surface area contributed by atoms with E-state index in [0.29, 0.717) is 36.5 Å². The van der Waals surface area contributed by atoms with Gasteiger partial charge in [0.1, 0.15) is 11.3 Å². The van der Waals surface area contributed by atoms with Crippen LogP contribution in [0.25, 0.3) is 0 Å². The quantitative estimate of drug-likeness (QED) is 0.619. The smallest absolute Gasteiger partial charge is 0.374 e. The average molecular weight is 434 g/mol. The number of aromatic nitrogens is 2. The van der Waals surface area contributed by atoms with Crippen LogP contribution in [0.1, 0.15) is 42.0 Å². The highest BCUT2D eigenvalue weighted by Crippen LogP contribution is 2.45. The van der Waals surface area contributed by atoms with E-state index in [-0.39, 0.29) is 11.7 Å². The average Bonchev–Trinajstić information content (AvgIpc) is 3.56. The van der Waals surface area contributed by atoms with Gasteiger partial charge in [-0.2, -0.15) is 5.10 Å². The van der Waals surface area contributed by atoms with Crippen molar-refractivity contribution in [2.24, 2.45) is 0 Å². The van der Waals surface area contributed by atoms with Crippen LogP contribution < -0.4 is 10.2 Å². The molecule has 2 amide bonds. The molecule has 32 heavy (non-hydrogen) atoms. The number of rotatable bonds is 5. The topological polar surface area (TPSA) is 107 Å². The zero-order valence-electron chi connectivity index (χ0n) is 17.3. The van der Waals surface area contributed by atoms with E-state index in [2.05, 4.69) is 10.4 Å². The number of hydrogen-bond acceptors (Lipinski definition) is 6. The van der Waals surface area contributed by atoms with Crippen molar-refractivity contribution >= 4 is 29.2 Å². The largest absolute Gasteiger partial charge is 0.452 e. The number of para-hydroxylation sites is 2. The van der Waals surface area contributed by atoms with Crippen molar-refractivity contribution in [3.05, 3.63) is 66.4 Å². The molecule has 164 valence electrons. The van der Waals surface area contributed by atoms with E-state index in [1.165, 1.54) is 11.0 Å². The van der Waals surface area contributed by atoms with Gasteiger partial charge in [-0.3, -0.25) is 19.2 Å². The van der Waals surface area contributed by atoms with Gasteiger partial charge >= 0.3 is 5.97 Å². The third-order valence-electron chi connectivity index (χ3n) is 5.99. The number of nitrogens with one attached hydrogen (secondary N) is 1. The maximum Gasteiger partial charge on any atom is 0.374 e. The molecule has 2 aliphatic rings. The maximum absolute atomic E-state index is 13.2. The normalized spacial score (nSPS) is 16.6. The molecule has 1 aliphatic carbocycles. The highest BCUT2D eigenvalue weighted by atomic mass is 16.5. The van der Waals surface area contributed by atoms with Gasteiger partial charge in [-0.05, 0) is 43.2 Å². The summed E-state index contributed by atoms with van der Waals surface area (Å²) in [5.74, 6) is -0.820. The fraction of sp³-hybridized carbons (Fsp3) is 0.304. The standard InChI is InChI=1S/C23H22N4O5/c28-20(15-31-21(29)19-9-8-16(32-19)14-26-13-5-12-24-26)27-18-7-2-1-6-17(18)25-22(30)23(27)10-3-4-11-23/h1-2,5-9,12-13H,3-4,10-11,14-15H2,(H,25,30). The summed E-state index contributed by atoms with van der Waals surface area (Å²) in [7, 11) is 0. The summed E-state index contributed by atoms with van der Waals surface area (Å²) in [6.07, 6.45) is 6.28. The summed E-state index contributed by atoms with van der Waals surface area (Å²) in [4.78, 5) is 40.2. The first-order valence-corrected chi connectivity index (χ1v) is 10.5. The predicted molar refractivity (Wildman–Crippen MR) is 114 cm³/mol. The number of anilines is 2. The lowest BCUT2D eigenvalue weighted by atomic mass is 9.90. The van der Waals surface area contributed by atoms with Crippen LogP contribution in [0.15, 0.2) is 59.3 Å². The van der Waals surface area contributed by atoms with Crippen molar-refractivity contribution in [1.29, 1.82) is 0 Å². The Bertz CT molecular complexity index is 1160. The fourth-order valence-corrected chi connectivity index (χ4v) is 4.52. The Labute approximate surface area is 183 Å². The van der Waals surface area contributed by atoms with E-state index >= 15 is 0 Å². The molecule has 0 bridgehead atoms. The Morgan fingerprint density at radius 1 is 1.12 bits per heavy atom. The Morgan fingerprint density at radius 2 is 1.94 bits per heavy atom. The van der Waals surface area contributed by atoms with Crippen LogP contribution in [0, 0.1) is 0 Å². The SMILES string of the molecule is O=C(OCC(=O)N1c2ccccc2NC(=O)C12CCCC2)c1ccc(Cn2cccn2)o1. The monoisotopic (exact) mass is 434 g/mol. The van der Waals surface area contributed by atoms with E-state index in [4.69, 9.17) is 9.15 Å². The van der Waals surface area contributed by atoms with Crippen LogP contribution in [-0.4, -0.2) is 39.7 Å². The van der Waals surface area contributed by atoms with Gasteiger partial charge in [0.2, 0.25) is 5.76 Å². The van der Waals surface area contributed by atoms with E-state index in [1.807, 2.05) is 6.07 Å². The molecule has 1 aromatic carbocycles. The second kappa shape index (κ2) is 7.99. The number of esters is 1. The van der Waals surface area contributed by atoms with Gasteiger partial charge < -0.3 is 14.5 Å². The van der Waals surface area contributed by atoms with Gasteiger partial charge in [-0.25, -0.2) is 4.79 Å². The minimum Gasteiger partial charge on any atom is -0.452 e. The molecule has 9 heteroatoms. The molecule has 3 aromatic rings. The van der Waals surface area contributed by atoms with Crippen LogP contribution in [0.3, 0.4) is 0 Å². The van der Waals surface area contributed by atoms with Crippen molar-refractivity contribution in [2.45, 2.75) is 37.8 Å². The molecule has 1 aliphatic heterocycles. The Kier molecular flexibility index (Phi) is 5.01. The van der Waals surface area contributed by atoms with Gasteiger partial charge in [-0.15, -0.1) is 0 Å². The summed E-state index contributed by atoms with van der Waals surface area (Å²) in [5.41, 5.74) is 0.248. The van der Waals surface area contributed by atoms with Gasteiger partial charge in [-0.1, -0.05) is 25.0 Å². The van der Waals surface area contributed by atoms with E-state index in [9.17, 15) is 14.4 Å². The zero-order valence-corrected chi connectivity index (χ0v) is 17.3. The third kappa shape index (κ3) is 3.45. The van der Waals surface area contributed by atoms with E-state index < -0.39 is 24.0 Å². The van der Waals surface area contributed by atoms with Crippen molar-refractivity contribution in [1.82, 2.24) is 9.78 Å². The minimum absolute atomic E-state index is 0.00678. The van der Waals surface area contributed by atoms with Crippen molar-refractivity contribution in [2.75, 3.05) is 16.8 Å². The van der Waals surface area contributed by atoms with Crippen LogP contribution in [0.4, 0.5) is 11.4 Å². The van der Waals surface area contributed by atoms with Crippen LogP contribution >= 0.6 is 0 Å². The Hall–Kier alpha value is -3.88. The van der Waals surface area contributed by atoms with Crippen LogP contribution in [0.5, 0.6) is 0 Å². The molecule has 1 N–H and O–H groups in total. The molecular weight excluding hydrogens is 412 g/mol. The first kappa shape index (κ1) is 20.0. The molecule has 1 fully saturated rings. The summed E-state index contributed by atoms with van der Waals surface area (Å²) in [5, 5.41) is 7.02. The van der Waals surface area contributed by atoms with Crippen LogP contribution in [0.2, 0.25) is 0 Å². The second-order valence-corrected chi connectivity index (χ2v) is 7.98. The highest BCUT2D eigenvalue weighted by molar-refractivity contribution is 6.15. The molecule has 5 rings (SSSR count). The number of amides is 2. The van der Waals surface area contributed by atoms with Gasteiger partial charge in [0, 0.05) is 12.4 Å². The summed E-state index contributed by atoms with van der Waals surface area (Å²) >= 11 is 0. The van der Waals surface area contributed by atoms with Crippen molar-refractivity contribution in [3.8, 4) is 0 Å². The lowest BCUT2D eigenvalue weighted by Gasteiger charge is -2.44. The molecule has 9 nitrogen and oxygen atoms in total. The second-order valence-electron chi connectivity index (χ2n) is 7.98. The van der Waals surface area contributed by atoms with Gasteiger partial charge in [0.25, 0.3) is 11.8 Å². The zero-order chi connectivity index (χ0) is 22.1. The molecular formula is C23H22N4O5. The number of nitrogens with zero attached hydrogens (tertiary/aromatic N) is 3. The maximum atomic E-state index is 13.2. The first-order chi connectivity index (χ1) is 15.6. The molecule has 0 unspecified atom stereocenters. The van der Waals surface area contributed by atoms with Crippen molar-refractivity contribution < 1.29 is 23.5 Å². The van der Waals surface area contributed by atoms with Gasteiger partial charge in [0.15, 0.2) is 6.61 Å². The molecule has 0 saturated heterocycles. The first-order valence-electron chi connectivity index (χ1n) is 10.5. The van der Waals surface area contributed by atoms with Gasteiger partial charge in [0.05, 0.1) is 17.9 Å². The minimum atomic E-state index is -0.945. The number of ether oxygens (including phenoxy) is 1. The molecule has 3 heterocycles. The molecule has 1 spiro atoms. The van der Waals surface area contributed by atoms with E-state index in [1.54, 1.807) is 47.4 Å². The van der Waals surface area contributed by atoms with Crippen molar-refractivity contribution in [3.63, 3.8) is 0 Å². The fourth-order valence-electron chi connectivity index (χ4n) is 4.52. The lowest BCUT2D eigenvalue weighted by molar-refractivity contribution is -0.129. The number of hydrogen-bond donors (Lipinski definition) is 1. The number of benzene rings is 1. The Morgan fingerprint density at radius 3 is 2.72 bits per heavy atom. The number of fused-ring (bicyclic) bond motifs is 1. The summed E-state index contributed by atoms with van der Waals surface area (Å²) in [6.45, 7) is -0.112. The number of carbonyl (C=O) groups excluding carboxylic acids is 3. The Balaban J connectivity index is 1.31. The molecule has 1 saturated carbocycles. The van der Waals surface area contributed by atoms with Crippen LogP contribution in [-0.2, 0) is 20.9 Å². The summed E-state index contributed by atoms with van der Waals surface area (Å²) < 4.78 is 12.5. The van der Waals surface area contributed by atoms with E-state index in [0.717, 1.165) is 12.8 Å². The lowest BCUT2D eigenvalue weighted by Crippen LogP contribution is -2.61. The third-order valence-corrected chi connectivity index (χ3v) is 5.99. The molecule has 2 aromatic heterocycles. The highest BCUT2D eigenvalue weighted by Gasteiger charge is 2.52. The molecule has 0 radical (unpaired) electrons. The number of furan rings is 1.